The number of hydrogen-bond donors (Lipinski definition) is 3. The number of likely N-dealkylation sites (N-methyl/N-ethyl adjacent to an activating group) is 1. The summed E-state index contributed by atoms with van der Waals surface area (Å²) in [4.78, 5) is 23.2. The number of aliphatic hydroxyl groups is 1. The molecule has 0 aliphatic carbocycles. The molecule has 0 aromatic heterocycles. The molecule has 392 valence electrons. The van der Waals surface area contributed by atoms with E-state index in [0.29, 0.717) is 23.9 Å². The van der Waals surface area contributed by atoms with Crippen molar-refractivity contribution in [1.29, 1.82) is 0 Å². The fourth-order valence-electron chi connectivity index (χ4n) is 8.09. The molecule has 0 saturated carbocycles. The summed E-state index contributed by atoms with van der Waals surface area (Å²) in [6.07, 6.45) is 66.3. The molecule has 3 atom stereocenters. The van der Waals surface area contributed by atoms with E-state index in [1.54, 1.807) is 6.08 Å². The predicted molar refractivity (Wildman–Crippen MR) is 290 cm³/mol. The highest BCUT2D eigenvalue weighted by atomic mass is 31.2. The predicted octanol–water partition coefficient (Wildman–Crippen LogP) is 16.9. The van der Waals surface area contributed by atoms with Gasteiger partial charge in [0.1, 0.15) is 13.2 Å². The molecule has 0 spiro atoms. The standard InChI is InChI=1S/C58H109N2O6P/c1-6-8-10-12-14-16-18-20-22-23-24-25-26-27-28-29-30-31-32-33-34-35-36-38-39-41-43-45-47-49-51-57(61)56(55-66-67(63,64)65-54-53-60(3,4)5)59-58(62)52-50-48-46-44-42-40-37-21-19-17-15-13-11-9-7-2/h9,11,15,17,21,37,42,44,49,51,56-57,61H,6-8,10,12-14,16,18-20,22-36,38-41,43,45-48,50,52-55H2,1-5H3,(H-,59,62,63,64)/p+1/b11-9-,17-15-,37-21-,44-42-,51-49+. The van der Waals surface area contributed by atoms with Crippen molar-refractivity contribution in [1.82, 2.24) is 5.32 Å². The molecule has 0 aromatic rings. The number of rotatable bonds is 51. The Morgan fingerprint density at radius 3 is 1.31 bits per heavy atom. The number of hydrogen-bond acceptors (Lipinski definition) is 5. The quantitative estimate of drug-likeness (QED) is 0.0243. The number of allylic oxidation sites excluding steroid dienone is 9. The molecule has 0 rings (SSSR count). The van der Waals surface area contributed by atoms with E-state index in [0.717, 1.165) is 57.8 Å². The van der Waals surface area contributed by atoms with Crippen LogP contribution in [0, 0.1) is 0 Å². The van der Waals surface area contributed by atoms with Gasteiger partial charge in [-0.25, -0.2) is 4.57 Å². The van der Waals surface area contributed by atoms with Crippen molar-refractivity contribution in [2.24, 2.45) is 0 Å². The van der Waals surface area contributed by atoms with Crippen LogP contribution in [0.5, 0.6) is 0 Å². The first kappa shape index (κ1) is 65.2. The van der Waals surface area contributed by atoms with Crippen molar-refractivity contribution in [3.63, 3.8) is 0 Å². The van der Waals surface area contributed by atoms with E-state index >= 15 is 0 Å². The summed E-state index contributed by atoms with van der Waals surface area (Å²) in [5.41, 5.74) is 0. The van der Waals surface area contributed by atoms with Gasteiger partial charge >= 0.3 is 7.82 Å². The summed E-state index contributed by atoms with van der Waals surface area (Å²) in [5.74, 6) is -0.217. The van der Waals surface area contributed by atoms with Crippen LogP contribution in [0.3, 0.4) is 0 Å². The van der Waals surface area contributed by atoms with Crippen molar-refractivity contribution in [2.45, 2.75) is 264 Å². The lowest BCUT2D eigenvalue weighted by Gasteiger charge is -2.25. The Labute approximate surface area is 415 Å². The number of nitrogens with one attached hydrogen (secondary N) is 1. The average molecular weight is 962 g/mol. The molecule has 0 heterocycles. The van der Waals surface area contributed by atoms with E-state index in [-0.39, 0.29) is 19.1 Å². The summed E-state index contributed by atoms with van der Waals surface area (Å²) >= 11 is 0. The lowest BCUT2D eigenvalue weighted by atomic mass is 10.0. The Kier molecular flexibility index (Phi) is 47.9. The highest BCUT2D eigenvalue weighted by molar-refractivity contribution is 7.47. The molecule has 0 bridgehead atoms. The molecule has 8 nitrogen and oxygen atoms in total. The van der Waals surface area contributed by atoms with Gasteiger partial charge in [0.15, 0.2) is 0 Å². The van der Waals surface area contributed by atoms with E-state index in [4.69, 9.17) is 9.05 Å². The average Bonchev–Trinajstić information content (AvgIpc) is 3.29. The van der Waals surface area contributed by atoms with Crippen LogP contribution in [-0.4, -0.2) is 73.4 Å². The molecular formula is C58H110N2O6P+. The second-order valence-electron chi connectivity index (χ2n) is 20.3. The van der Waals surface area contributed by atoms with Gasteiger partial charge in [-0.2, -0.15) is 0 Å². The maximum absolute atomic E-state index is 12.9. The van der Waals surface area contributed by atoms with E-state index in [1.807, 2.05) is 27.2 Å². The summed E-state index contributed by atoms with van der Waals surface area (Å²) in [7, 11) is 1.54. The first-order valence-corrected chi connectivity index (χ1v) is 29.7. The minimum atomic E-state index is -4.36. The summed E-state index contributed by atoms with van der Waals surface area (Å²) in [5, 5.41) is 13.9. The molecule has 0 aromatic carbocycles. The minimum Gasteiger partial charge on any atom is -0.387 e. The second-order valence-corrected chi connectivity index (χ2v) is 21.7. The third-order valence-corrected chi connectivity index (χ3v) is 13.5. The number of aliphatic hydroxyl groups excluding tert-OH is 1. The number of phosphoric acid groups is 1. The number of carbonyl (C=O) groups is 1. The van der Waals surface area contributed by atoms with Gasteiger partial charge in [-0.15, -0.1) is 0 Å². The Morgan fingerprint density at radius 1 is 0.522 bits per heavy atom. The Bertz CT molecular complexity index is 1270. The van der Waals surface area contributed by atoms with Crippen LogP contribution in [0.15, 0.2) is 60.8 Å². The molecule has 1 amide bonds. The molecule has 67 heavy (non-hydrogen) atoms. The van der Waals surface area contributed by atoms with E-state index < -0.39 is 20.0 Å². The zero-order valence-corrected chi connectivity index (χ0v) is 45.5. The van der Waals surface area contributed by atoms with Crippen LogP contribution in [0.25, 0.3) is 0 Å². The van der Waals surface area contributed by atoms with Gasteiger partial charge in [0.2, 0.25) is 5.91 Å². The van der Waals surface area contributed by atoms with Gasteiger partial charge in [-0.3, -0.25) is 13.8 Å². The molecule has 3 N–H and O–H groups in total. The van der Waals surface area contributed by atoms with Gasteiger partial charge in [0.25, 0.3) is 0 Å². The summed E-state index contributed by atoms with van der Waals surface area (Å²) < 4.78 is 23.6. The molecular weight excluding hydrogens is 852 g/mol. The Hall–Kier alpha value is -1.80. The zero-order chi connectivity index (χ0) is 49.2. The highest BCUT2D eigenvalue weighted by Gasteiger charge is 2.27. The lowest BCUT2D eigenvalue weighted by molar-refractivity contribution is -0.870. The van der Waals surface area contributed by atoms with Crippen molar-refractivity contribution >= 4 is 13.7 Å². The number of carbonyl (C=O) groups excluding carboxylic acids is 1. The number of nitrogens with zero attached hydrogens (tertiary/aromatic N) is 1. The highest BCUT2D eigenvalue weighted by Crippen LogP contribution is 2.43. The molecule has 0 aliphatic rings. The van der Waals surface area contributed by atoms with E-state index in [2.05, 4.69) is 67.8 Å². The molecule has 0 fully saturated rings. The fraction of sp³-hybridized carbons (Fsp3) is 0.810. The molecule has 0 aliphatic heterocycles. The van der Waals surface area contributed by atoms with Crippen molar-refractivity contribution in [3.05, 3.63) is 60.8 Å². The van der Waals surface area contributed by atoms with Crippen LogP contribution in [0.4, 0.5) is 0 Å². The normalized spacial score (nSPS) is 14.4. The van der Waals surface area contributed by atoms with Crippen molar-refractivity contribution < 1.29 is 32.9 Å². The number of phosphoric ester groups is 1. The monoisotopic (exact) mass is 962 g/mol. The van der Waals surface area contributed by atoms with Crippen molar-refractivity contribution in [2.75, 3.05) is 40.9 Å². The first-order valence-electron chi connectivity index (χ1n) is 28.2. The maximum Gasteiger partial charge on any atom is 0.472 e. The molecule has 0 radical (unpaired) electrons. The van der Waals surface area contributed by atoms with Crippen LogP contribution in [0.2, 0.25) is 0 Å². The van der Waals surface area contributed by atoms with E-state index in [1.165, 1.54) is 167 Å². The molecule has 0 saturated heterocycles. The van der Waals surface area contributed by atoms with Gasteiger partial charge in [0, 0.05) is 6.42 Å². The zero-order valence-electron chi connectivity index (χ0n) is 44.6. The maximum atomic E-state index is 12.9. The first-order chi connectivity index (χ1) is 32.5. The lowest BCUT2D eigenvalue weighted by Crippen LogP contribution is -2.45. The van der Waals surface area contributed by atoms with Gasteiger partial charge < -0.3 is 19.8 Å². The number of unbranched alkanes of at least 4 members (excludes halogenated alkanes) is 30. The van der Waals surface area contributed by atoms with Gasteiger partial charge in [0.05, 0.1) is 39.9 Å². The van der Waals surface area contributed by atoms with Crippen LogP contribution in [0.1, 0.15) is 251 Å². The van der Waals surface area contributed by atoms with Gasteiger partial charge in [-0.05, 0) is 57.8 Å². The van der Waals surface area contributed by atoms with Crippen LogP contribution >= 0.6 is 7.82 Å². The smallest absolute Gasteiger partial charge is 0.387 e. The van der Waals surface area contributed by atoms with Crippen LogP contribution < -0.4 is 5.32 Å². The summed E-state index contributed by atoms with van der Waals surface area (Å²) in [6, 6.07) is -0.871. The fourth-order valence-corrected chi connectivity index (χ4v) is 8.83. The molecule has 3 unspecified atom stereocenters. The third-order valence-electron chi connectivity index (χ3n) is 12.5. The molecule has 9 heteroatoms. The Morgan fingerprint density at radius 2 is 0.896 bits per heavy atom. The summed E-state index contributed by atoms with van der Waals surface area (Å²) in [6.45, 7) is 4.68. The van der Waals surface area contributed by atoms with Crippen molar-refractivity contribution in [3.8, 4) is 0 Å². The largest absolute Gasteiger partial charge is 0.472 e. The topological polar surface area (TPSA) is 105 Å². The van der Waals surface area contributed by atoms with E-state index in [9.17, 15) is 19.4 Å². The number of quaternary nitrogens is 1. The Balaban J connectivity index is 4.16. The number of amides is 1. The SMILES string of the molecule is CC/C=C\C/C=C\C/C=C\C/C=C\CCCCC(=O)NC(COP(=O)(O)OCC[N+](C)(C)C)C(O)/C=C/CCCCCCCCCCCCCCCCCCCCCCCCCCCCCC. The van der Waals surface area contributed by atoms with Gasteiger partial charge in [-0.1, -0.05) is 248 Å². The second kappa shape index (κ2) is 49.2. The van der Waals surface area contributed by atoms with Crippen LogP contribution in [-0.2, 0) is 18.4 Å². The minimum absolute atomic E-state index is 0.0513. The third kappa shape index (κ3) is 51.9.